The van der Waals surface area contributed by atoms with Crippen LogP contribution in [-0.4, -0.2) is 25.0 Å². The standard InChI is InChI=1S/C23H24N2O/c1-25(2)21-15-13-19(14-16-21)22(18-9-5-3-6-10-18)17-23(24-26)20-11-7-4-8-12-20/h3-16,22,26H,17H2,1-2H3/b24-23+. The number of hydrogen-bond acceptors (Lipinski definition) is 3. The summed E-state index contributed by atoms with van der Waals surface area (Å²) in [6.07, 6.45) is 0.631. The molecule has 0 aromatic heterocycles. The molecule has 1 unspecified atom stereocenters. The first-order valence-corrected chi connectivity index (χ1v) is 8.77. The van der Waals surface area contributed by atoms with E-state index in [9.17, 15) is 5.21 Å². The van der Waals surface area contributed by atoms with Gasteiger partial charge in [0.15, 0.2) is 0 Å². The number of rotatable bonds is 6. The smallest absolute Gasteiger partial charge is 0.0877 e. The van der Waals surface area contributed by atoms with Crippen LogP contribution < -0.4 is 4.90 Å². The minimum atomic E-state index is 0.124. The molecular weight excluding hydrogens is 320 g/mol. The highest BCUT2D eigenvalue weighted by Gasteiger charge is 2.18. The van der Waals surface area contributed by atoms with Gasteiger partial charge in [-0.1, -0.05) is 78.0 Å². The largest absolute Gasteiger partial charge is 0.411 e. The van der Waals surface area contributed by atoms with Crippen LogP contribution in [0.3, 0.4) is 0 Å². The fourth-order valence-electron chi connectivity index (χ4n) is 3.16. The summed E-state index contributed by atoms with van der Waals surface area (Å²) in [5.74, 6) is 0.124. The maximum absolute atomic E-state index is 9.62. The van der Waals surface area contributed by atoms with Crippen molar-refractivity contribution in [1.29, 1.82) is 0 Å². The summed E-state index contributed by atoms with van der Waals surface area (Å²) in [5.41, 5.74) is 5.22. The highest BCUT2D eigenvalue weighted by Crippen LogP contribution is 2.31. The van der Waals surface area contributed by atoms with E-state index in [0.29, 0.717) is 12.1 Å². The molecule has 3 aromatic rings. The molecule has 0 bridgehead atoms. The lowest BCUT2D eigenvalue weighted by Crippen LogP contribution is -2.11. The molecule has 1 N–H and O–H groups in total. The Morgan fingerprint density at radius 3 is 1.88 bits per heavy atom. The molecule has 0 aliphatic heterocycles. The summed E-state index contributed by atoms with van der Waals surface area (Å²) in [5, 5.41) is 13.2. The normalized spacial score (nSPS) is 12.6. The zero-order valence-electron chi connectivity index (χ0n) is 15.2. The van der Waals surface area contributed by atoms with Crippen LogP contribution in [0.2, 0.25) is 0 Å². The lowest BCUT2D eigenvalue weighted by Gasteiger charge is -2.20. The molecule has 1 atom stereocenters. The molecule has 0 aliphatic carbocycles. The Bertz CT molecular complexity index is 840. The Hall–Kier alpha value is -3.07. The quantitative estimate of drug-likeness (QED) is 0.381. The topological polar surface area (TPSA) is 35.8 Å². The van der Waals surface area contributed by atoms with Gasteiger partial charge >= 0.3 is 0 Å². The van der Waals surface area contributed by atoms with Gasteiger partial charge in [0.1, 0.15) is 0 Å². The van der Waals surface area contributed by atoms with Crippen molar-refractivity contribution in [2.24, 2.45) is 5.16 Å². The summed E-state index contributed by atoms with van der Waals surface area (Å²) in [7, 11) is 4.07. The maximum atomic E-state index is 9.62. The molecule has 0 saturated carbocycles. The number of anilines is 1. The van der Waals surface area contributed by atoms with Gasteiger partial charge in [0.2, 0.25) is 0 Å². The van der Waals surface area contributed by atoms with E-state index in [4.69, 9.17) is 0 Å². The van der Waals surface area contributed by atoms with Crippen LogP contribution in [0, 0.1) is 0 Å². The van der Waals surface area contributed by atoms with Gasteiger partial charge in [-0.2, -0.15) is 0 Å². The molecule has 132 valence electrons. The Morgan fingerprint density at radius 2 is 1.35 bits per heavy atom. The van der Waals surface area contributed by atoms with Gasteiger partial charge in [0, 0.05) is 32.1 Å². The van der Waals surface area contributed by atoms with E-state index >= 15 is 0 Å². The first kappa shape index (κ1) is 17.7. The molecule has 3 rings (SSSR count). The van der Waals surface area contributed by atoms with Crippen molar-refractivity contribution in [3.8, 4) is 0 Å². The predicted octanol–water partition coefficient (Wildman–Crippen LogP) is 5.15. The molecule has 3 nitrogen and oxygen atoms in total. The molecule has 3 aromatic carbocycles. The predicted molar refractivity (Wildman–Crippen MR) is 108 cm³/mol. The van der Waals surface area contributed by atoms with Crippen LogP contribution in [-0.2, 0) is 0 Å². The van der Waals surface area contributed by atoms with Crippen molar-refractivity contribution < 1.29 is 5.21 Å². The van der Waals surface area contributed by atoms with Gasteiger partial charge < -0.3 is 10.1 Å². The monoisotopic (exact) mass is 344 g/mol. The number of benzene rings is 3. The summed E-state index contributed by atoms with van der Waals surface area (Å²) in [6, 6.07) is 28.8. The zero-order valence-corrected chi connectivity index (χ0v) is 15.2. The van der Waals surface area contributed by atoms with Crippen molar-refractivity contribution in [3.63, 3.8) is 0 Å². The Balaban J connectivity index is 1.96. The van der Waals surface area contributed by atoms with Gasteiger partial charge in [0.05, 0.1) is 5.71 Å². The van der Waals surface area contributed by atoms with E-state index in [2.05, 4.69) is 58.6 Å². The molecule has 0 spiro atoms. The van der Waals surface area contributed by atoms with E-state index in [1.54, 1.807) is 0 Å². The van der Waals surface area contributed by atoms with Crippen LogP contribution in [0.1, 0.15) is 29.0 Å². The van der Waals surface area contributed by atoms with E-state index in [-0.39, 0.29) is 5.92 Å². The van der Waals surface area contributed by atoms with Crippen molar-refractivity contribution in [2.45, 2.75) is 12.3 Å². The van der Waals surface area contributed by atoms with Crippen molar-refractivity contribution in [1.82, 2.24) is 0 Å². The molecule has 0 radical (unpaired) electrons. The third kappa shape index (κ3) is 4.12. The van der Waals surface area contributed by atoms with Gasteiger partial charge in [-0.15, -0.1) is 0 Å². The van der Waals surface area contributed by atoms with Crippen molar-refractivity contribution >= 4 is 11.4 Å². The molecule has 0 aliphatic rings. The average molecular weight is 344 g/mol. The van der Waals surface area contributed by atoms with Crippen molar-refractivity contribution in [3.05, 3.63) is 102 Å². The van der Waals surface area contributed by atoms with E-state index in [1.165, 1.54) is 16.8 Å². The molecule has 0 saturated heterocycles. The summed E-state index contributed by atoms with van der Waals surface area (Å²) in [6.45, 7) is 0. The third-order valence-electron chi connectivity index (χ3n) is 4.64. The lowest BCUT2D eigenvalue weighted by atomic mass is 9.85. The second-order valence-corrected chi connectivity index (χ2v) is 6.57. The minimum absolute atomic E-state index is 0.124. The Kier molecular flexibility index (Phi) is 5.69. The first-order valence-electron chi connectivity index (χ1n) is 8.77. The van der Waals surface area contributed by atoms with E-state index in [1.807, 2.05) is 50.5 Å². The lowest BCUT2D eigenvalue weighted by molar-refractivity contribution is 0.317. The van der Waals surface area contributed by atoms with Gasteiger partial charge in [-0.25, -0.2) is 0 Å². The highest BCUT2D eigenvalue weighted by molar-refractivity contribution is 6.00. The SMILES string of the molecule is CN(C)c1ccc(C(C/C(=N\O)c2ccccc2)c2ccccc2)cc1. The van der Waals surface area contributed by atoms with Crippen molar-refractivity contribution in [2.75, 3.05) is 19.0 Å². The molecule has 0 amide bonds. The third-order valence-corrected chi connectivity index (χ3v) is 4.64. The Labute approximate surface area is 155 Å². The number of oxime groups is 1. The molecule has 0 heterocycles. The summed E-state index contributed by atoms with van der Waals surface area (Å²) < 4.78 is 0. The summed E-state index contributed by atoms with van der Waals surface area (Å²) in [4.78, 5) is 2.09. The molecule has 0 fully saturated rings. The average Bonchev–Trinajstić information content (AvgIpc) is 2.70. The van der Waals surface area contributed by atoms with Crippen LogP contribution in [0.4, 0.5) is 5.69 Å². The van der Waals surface area contributed by atoms with Gasteiger partial charge in [-0.05, 0) is 28.8 Å². The zero-order chi connectivity index (χ0) is 18.4. The second-order valence-electron chi connectivity index (χ2n) is 6.57. The second kappa shape index (κ2) is 8.34. The minimum Gasteiger partial charge on any atom is -0.411 e. The molecule has 3 heteroatoms. The first-order chi connectivity index (χ1) is 12.7. The van der Waals surface area contributed by atoms with Gasteiger partial charge in [-0.3, -0.25) is 0 Å². The van der Waals surface area contributed by atoms with E-state index in [0.717, 1.165) is 5.56 Å². The van der Waals surface area contributed by atoms with Crippen LogP contribution in [0.5, 0.6) is 0 Å². The molecular formula is C23H24N2O. The fourth-order valence-corrected chi connectivity index (χ4v) is 3.16. The van der Waals surface area contributed by atoms with Gasteiger partial charge in [0.25, 0.3) is 0 Å². The Morgan fingerprint density at radius 1 is 0.808 bits per heavy atom. The number of nitrogens with zero attached hydrogens (tertiary/aromatic N) is 2. The maximum Gasteiger partial charge on any atom is 0.0877 e. The van der Waals surface area contributed by atoms with Crippen LogP contribution >= 0.6 is 0 Å². The van der Waals surface area contributed by atoms with E-state index < -0.39 is 0 Å². The van der Waals surface area contributed by atoms with Crippen LogP contribution in [0.15, 0.2) is 90.1 Å². The summed E-state index contributed by atoms with van der Waals surface area (Å²) >= 11 is 0. The fraction of sp³-hybridized carbons (Fsp3) is 0.174. The number of hydrogen-bond donors (Lipinski definition) is 1. The highest BCUT2D eigenvalue weighted by atomic mass is 16.4. The van der Waals surface area contributed by atoms with Crippen LogP contribution in [0.25, 0.3) is 0 Å². The molecule has 26 heavy (non-hydrogen) atoms.